The molecule has 1 atom stereocenters. The van der Waals surface area contributed by atoms with Crippen LogP contribution in [0.2, 0.25) is 5.02 Å². The highest BCUT2D eigenvalue weighted by molar-refractivity contribution is 6.31. The highest BCUT2D eigenvalue weighted by atomic mass is 35.5. The Hall–Kier alpha value is -3.70. The standard InChI is InChI=1S/C29H24ClFN2O2/c1-17-8-10-19(11-9-17)28(35)27-25(18-12-14-21(31)15-13-18)26-23(6-3-7-24(26)34)33(29(27)32)22-5-2-4-20(30)16-22/h2,4-5,8-16,25,32,35H,3,6-7H2,1H3/b28-27+,32-29?. The van der Waals surface area contributed by atoms with Crippen LogP contribution in [0.3, 0.4) is 0 Å². The number of nitrogens with zero attached hydrogens (tertiary/aromatic N) is 1. The molecule has 35 heavy (non-hydrogen) atoms. The second-order valence-corrected chi connectivity index (χ2v) is 9.35. The molecule has 0 amide bonds. The normalized spacial score (nSPS) is 19.6. The van der Waals surface area contributed by atoms with Gasteiger partial charge in [0.05, 0.1) is 0 Å². The third-order valence-corrected chi connectivity index (χ3v) is 6.84. The number of carbonyl (C=O) groups is 1. The van der Waals surface area contributed by atoms with Crippen LogP contribution in [0.25, 0.3) is 5.76 Å². The van der Waals surface area contributed by atoms with Crippen molar-refractivity contribution in [1.29, 1.82) is 5.41 Å². The van der Waals surface area contributed by atoms with Crippen molar-refractivity contribution in [3.63, 3.8) is 0 Å². The number of nitrogens with one attached hydrogen (secondary N) is 1. The SMILES string of the molecule is Cc1ccc(/C(O)=C2\C(=N)N(c3cccc(Cl)c3)C3=C(C(=O)CCC3)C2c2ccc(F)cc2)cc1. The monoisotopic (exact) mass is 486 g/mol. The summed E-state index contributed by atoms with van der Waals surface area (Å²) in [7, 11) is 0. The van der Waals surface area contributed by atoms with Crippen LogP contribution >= 0.6 is 11.6 Å². The largest absolute Gasteiger partial charge is 0.507 e. The van der Waals surface area contributed by atoms with Gasteiger partial charge in [0.25, 0.3) is 0 Å². The van der Waals surface area contributed by atoms with Gasteiger partial charge in [-0.25, -0.2) is 4.39 Å². The summed E-state index contributed by atoms with van der Waals surface area (Å²) in [5, 5.41) is 21.4. The zero-order chi connectivity index (χ0) is 24.7. The fraction of sp³-hybridized carbons (Fsp3) is 0.172. The van der Waals surface area contributed by atoms with Gasteiger partial charge in [0.15, 0.2) is 5.78 Å². The van der Waals surface area contributed by atoms with Gasteiger partial charge in [-0.05, 0) is 55.7 Å². The first kappa shape index (κ1) is 23.1. The van der Waals surface area contributed by atoms with Gasteiger partial charge < -0.3 is 5.11 Å². The molecule has 5 rings (SSSR count). The number of halogens is 2. The van der Waals surface area contributed by atoms with E-state index in [1.165, 1.54) is 12.1 Å². The molecule has 0 aromatic heterocycles. The highest BCUT2D eigenvalue weighted by Crippen LogP contribution is 2.48. The number of aliphatic hydroxyl groups is 1. The molecule has 0 bridgehead atoms. The quantitative estimate of drug-likeness (QED) is 0.380. The van der Waals surface area contributed by atoms with Crippen molar-refractivity contribution >= 4 is 34.7 Å². The number of allylic oxidation sites excluding steroid dienone is 2. The number of hydrogen-bond donors (Lipinski definition) is 2. The number of aliphatic hydroxyl groups excluding tert-OH is 1. The fourth-order valence-corrected chi connectivity index (χ4v) is 5.13. The zero-order valence-electron chi connectivity index (χ0n) is 19.2. The number of carbonyl (C=O) groups excluding carboxylic acids is 1. The molecular formula is C29H24ClFN2O2. The Balaban J connectivity index is 1.82. The summed E-state index contributed by atoms with van der Waals surface area (Å²) in [6, 6.07) is 20.4. The summed E-state index contributed by atoms with van der Waals surface area (Å²) in [4.78, 5) is 15.1. The number of aryl methyl sites for hydroxylation is 1. The maximum Gasteiger partial charge on any atom is 0.161 e. The van der Waals surface area contributed by atoms with Crippen molar-refractivity contribution < 1.29 is 14.3 Å². The molecule has 6 heteroatoms. The summed E-state index contributed by atoms with van der Waals surface area (Å²) in [5.41, 5.74) is 4.44. The number of benzene rings is 3. The van der Waals surface area contributed by atoms with Crippen molar-refractivity contribution in [2.45, 2.75) is 32.1 Å². The lowest BCUT2D eigenvalue weighted by Gasteiger charge is -2.41. The first-order valence-electron chi connectivity index (χ1n) is 11.5. The molecule has 1 aliphatic heterocycles. The van der Waals surface area contributed by atoms with E-state index in [1.54, 1.807) is 47.4 Å². The van der Waals surface area contributed by atoms with Crippen molar-refractivity contribution in [3.05, 3.63) is 117 Å². The number of hydrogen-bond acceptors (Lipinski definition) is 3. The van der Waals surface area contributed by atoms with E-state index < -0.39 is 11.7 Å². The molecule has 2 aliphatic rings. The van der Waals surface area contributed by atoms with Crippen LogP contribution in [0, 0.1) is 18.2 Å². The molecule has 0 radical (unpaired) electrons. The van der Waals surface area contributed by atoms with Crippen LogP contribution < -0.4 is 4.90 Å². The lowest BCUT2D eigenvalue weighted by Crippen LogP contribution is -2.42. The van der Waals surface area contributed by atoms with E-state index in [2.05, 4.69) is 0 Å². The predicted octanol–water partition coefficient (Wildman–Crippen LogP) is 7.34. The van der Waals surface area contributed by atoms with Gasteiger partial charge in [0, 0.05) is 45.5 Å². The molecule has 1 aliphatic carbocycles. The molecule has 0 saturated carbocycles. The van der Waals surface area contributed by atoms with Crippen LogP contribution in [0.4, 0.5) is 10.1 Å². The molecule has 3 aromatic rings. The lowest BCUT2D eigenvalue weighted by atomic mass is 9.73. The molecule has 1 heterocycles. The third kappa shape index (κ3) is 4.17. The molecule has 176 valence electrons. The van der Waals surface area contributed by atoms with Crippen molar-refractivity contribution in [3.8, 4) is 0 Å². The molecule has 3 aromatic carbocycles. The number of anilines is 1. The summed E-state index contributed by atoms with van der Waals surface area (Å²) in [6.45, 7) is 1.95. The maximum atomic E-state index is 13.8. The van der Waals surface area contributed by atoms with Crippen LogP contribution in [0.1, 0.15) is 41.9 Å². The number of Topliss-reactive ketones (excluding diaryl/α,β-unsaturated/α-hetero) is 1. The number of amidine groups is 1. The van der Waals surface area contributed by atoms with E-state index in [9.17, 15) is 19.7 Å². The Bertz CT molecular complexity index is 1390. The number of ketones is 1. The minimum atomic E-state index is -0.692. The van der Waals surface area contributed by atoms with E-state index in [0.717, 1.165) is 11.3 Å². The average Bonchev–Trinajstić information content (AvgIpc) is 2.84. The summed E-state index contributed by atoms with van der Waals surface area (Å²) < 4.78 is 13.8. The van der Waals surface area contributed by atoms with Crippen LogP contribution in [0.15, 0.2) is 89.6 Å². The first-order valence-corrected chi connectivity index (χ1v) is 11.9. The van der Waals surface area contributed by atoms with Crippen LogP contribution in [0.5, 0.6) is 0 Å². The average molecular weight is 487 g/mol. The molecule has 0 fully saturated rings. The summed E-state index contributed by atoms with van der Waals surface area (Å²) in [6.07, 6.45) is 1.65. The molecule has 0 spiro atoms. The van der Waals surface area contributed by atoms with E-state index in [0.29, 0.717) is 52.2 Å². The smallest absolute Gasteiger partial charge is 0.161 e. The van der Waals surface area contributed by atoms with Crippen molar-refractivity contribution in [2.24, 2.45) is 0 Å². The second-order valence-electron chi connectivity index (χ2n) is 8.91. The van der Waals surface area contributed by atoms with Gasteiger partial charge in [-0.15, -0.1) is 0 Å². The molecule has 0 saturated heterocycles. The fourth-order valence-electron chi connectivity index (χ4n) is 4.95. The Morgan fingerprint density at radius 3 is 2.46 bits per heavy atom. The highest BCUT2D eigenvalue weighted by Gasteiger charge is 2.43. The lowest BCUT2D eigenvalue weighted by molar-refractivity contribution is -0.116. The van der Waals surface area contributed by atoms with Crippen LogP contribution in [-0.2, 0) is 4.79 Å². The van der Waals surface area contributed by atoms with Gasteiger partial charge in [-0.3, -0.25) is 15.1 Å². The number of rotatable bonds is 3. The summed E-state index contributed by atoms with van der Waals surface area (Å²) in [5.74, 6) is -1.14. The Kier molecular flexibility index (Phi) is 6.03. The van der Waals surface area contributed by atoms with Gasteiger partial charge >= 0.3 is 0 Å². The predicted molar refractivity (Wildman–Crippen MR) is 137 cm³/mol. The van der Waals surface area contributed by atoms with Gasteiger partial charge in [0.1, 0.15) is 17.4 Å². The van der Waals surface area contributed by atoms with E-state index in [-0.39, 0.29) is 17.4 Å². The third-order valence-electron chi connectivity index (χ3n) is 6.60. The molecule has 2 N–H and O–H groups in total. The molecule has 4 nitrogen and oxygen atoms in total. The Morgan fingerprint density at radius 1 is 1.06 bits per heavy atom. The Labute approximate surface area is 208 Å². The molecular weight excluding hydrogens is 463 g/mol. The van der Waals surface area contributed by atoms with Gasteiger partial charge in [-0.2, -0.15) is 0 Å². The minimum Gasteiger partial charge on any atom is -0.507 e. The van der Waals surface area contributed by atoms with Crippen molar-refractivity contribution in [1.82, 2.24) is 0 Å². The first-order chi connectivity index (χ1) is 16.8. The topological polar surface area (TPSA) is 64.4 Å². The second kappa shape index (κ2) is 9.16. The maximum absolute atomic E-state index is 13.8. The van der Waals surface area contributed by atoms with Crippen molar-refractivity contribution in [2.75, 3.05) is 4.90 Å². The van der Waals surface area contributed by atoms with E-state index >= 15 is 0 Å². The minimum absolute atomic E-state index is 0.0330. The van der Waals surface area contributed by atoms with E-state index in [4.69, 9.17) is 11.6 Å². The van der Waals surface area contributed by atoms with Crippen LogP contribution in [-0.4, -0.2) is 16.7 Å². The van der Waals surface area contributed by atoms with E-state index in [1.807, 2.05) is 25.1 Å². The zero-order valence-corrected chi connectivity index (χ0v) is 19.9. The Morgan fingerprint density at radius 2 is 1.77 bits per heavy atom. The summed E-state index contributed by atoms with van der Waals surface area (Å²) >= 11 is 6.29. The van der Waals surface area contributed by atoms with Gasteiger partial charge in [-0.1, -0.05) is 59.6 Å². The molecule has 1 unspecified atom stereocenters. The van der Waals surface area contributed by atoms with Gasteiger partial charge in [0.2, 0.25) is 0 Å².